The summed E-state index contributed by atoms with van der Waals surface area (Å²) in [5.41, 5.74) is 0. The van der Waals surface area contributed by atoms with E-state index in [1.807, 2.05) is 55.4 Å². The van der Waals surface area contributed by atoms with Crippen LogP contribution in [0.3, 0.4) is 0 Å². The molecule has 0 amide bonds. The van der Waals surface area contributed by atoms with Crippen LogP contribution in [0.1, 0.15) is 94.9 Å². The fourth-order valence-corrected chi connectivity index (χ4v) is 0.500. The summed E-state index contributed by atoms with van der Waals surface area (Å²) in [6.07, 6.45) is 5.54. The van der Waals surface area contributed by atoms with Crippen molar-refractivity contribution in [2.24, 2.45) is 0 Å². The topological polar surface area (TPSA) is 0 Å². The monoisotopic (exact) mass is 860 g/mol. The van der Waals surface area contributed by atoms with Gasteiger partial charge in [-0.1, -0.05) is 94.9 Å². The van der Waals surface area contributed by atoms with Crippen molar-refractivity contribution >= 4 is 0 Å². The first-order valence-corrected chi connectivity index (χ1v) is 6.91. The maximum absolute atomic E-state index is 2.23. The molecule has 0 fully saturated rings. The minimum Gasteiger partial charge on any atom is -0.358 e. The number of hydrogen-bond donors (Lipinski definition) is 0. The maximum atomic E-state index is 2.23. The fourth-order valence-electron chi connectivity index (χ4n) is 0.500. The molecule has 4 radical (unpaired) electrons. The van der Waals surface area contributed by atoms with Gasteiger partial charge in [-0.2, -0.15) is 0 Å². The van der Waals surface area contributed by atoms with Gasteiger partial charge in [0.1, 0.15) is 0 Å². The molecule has 0 nitrogen and oxygen atoms in total. The van der Waals surface area contributed by atoms with E-state index in [9.17, 15) is 0 Å². The van der Waals surface area contributed by atoms with Crippen molar-refractivity contribution < 1.29 is 162 Å². The second-order valence-electron chi connectivity index (χ2n) is 1.71. The molecule has 0 atom stereocenters. The maximum Gasteiger partial charge on any atom is 2.00 e. The van der Waals surface area contributed by atoms with Gasteiger partial charge in [0.05, 0.1) is 0 Å². The summed E-state index contributed by atoms with van der Waals surface area (Å²) in [4.78, 5) is 0. The quantitative estimate of drug-likeness (QED) is 0.198. The van der Waals surface area contributed by atoms with Gasteiger partial charge in [0.15, 0.2) is 0 Å². The first-order valence-electron chi connectivity index (χ1n) is 6.91. The van der Waals surface area contributed by atoms with Crippen LogP contribution in [0.15, 0.2) is 0 Å². The van der Waals surface area contributed by atoms with Crippen LogP contribution in [0.5, 0.6) is 0 Å². The molecule has 0 spiro atoms. The molecule has 0 aromatic rings. The Labute approximate surface area is 280 Å². The van der Waals surface area contributed by atoms with Crippen molar-refractivity contribution in [1.29, 1.82) is 0 Å². The molecule has 23 heavy (non-hydrogen) atoms. The van der Waals surface area contributed by atoms with E-state index in [1.54, 1.807) is 0 Å². The molecule has 0 aromatic carbocycles. The van der Waals surface area contributed by atoms with Gasteiger partial charge in [-0.05, 0) is 0 Å². The van der Waals surface area contributed by atoms with Crippen molar-refractivity contribution in [3.63, 3.8) is 0 Å². The third-order valence-electron chi connectivity index (χ3n) is 0.957. The van der Waals surface area contributed by atoms with Crippen LogP contribution < -0.4 is 0 Å². The van der Waals surface area contributed by atoms with E-state index < -0.39 is 0 Å². The summed E-state index contributed by atoms with van der Waals surface area (Å²) in [6.45, 7) is 20.5. The van der Waals surface area contributed by atoms with Gasteiger partial charge in [-0.25, -0.2) is 0 Å². The molecule has 140 valence electrons. The molecule has 0 rings (SSSR count). The molecule has 5 heteroatoms. The Morgan fingerprint density at radius 1 is 0.391 bits per heavy atom. The van der Waals surface area contributed by atoms with Crippen LogP contribution in [0.4, 0.5) is 0 Å². The van der Waals surface area contributed by atoms with E-state index in [4.69, 9.17) is 0 Å². The van der Waals surface area contributed by atoms with Crippen LogP contribution in [0.2, 0.25) is 0 Å². The summed E-state index contributed by atoms with van der Waals surface area (Å²) < 4.78 is 0. The Bertz CT molecular complexity index is 33.0. The van der Waals surface area contributed by atoms with Crippen LogP contribution in [0, 0.1) is 60.8 Å². The van der Waals surface area contributed by atoms with Gasteiger partial charge in [-0.15, -0.1) is 0 Å². The third-order valence-corrected chi connectivity index (χ3v) is 0.957. The Balaban J connectivity index is -0.00000000363. The van der Waals surface area contributed by atoms with Gasteiger partial charge >= 0.3 is 31.1 Å². The summed E-state index contributed by atoms with van der Waals surface area (Å²) in [6, 6.07) is 0. The second kappa shape index (κ2) is 215. The standard InChI is InChI=1S/C6H14.4C2H6.4CH3.U.4Y/c1-3-5-6-4-2;4*1-2;;;;;;;;;/h3-6H2,1-2H3;4*1-2H3;4*1H3;;;;;/q;;;;;4*-1;+2;;;;. The largest absolute Gasteiger partial charge is 2.00 e. The number of rotatable bonds is 3. The molecule has 0 aliphatic carbocycles. The van der Waals surface area contributed by atoms with Crippen molar-refractivity contribution in [2.45, 2.75) is 94.9 Å². The fraction of sp³-hybridized carbons (Fsp3) is 0.778. The van der Waals surface area contributed by atoms with Crippen LogP contribution in [0.25, 0.3) is 0 Å². The average Bonchev–Trinajstić information content (AvgIpc) is 2.36. The van der Waals surface area contributed by atoms with Gasteiger partial charge in [0, 0.05) is 131 Å². The molecular weight excluding hydrogens is 810 g/mol. The molecular formula is C18H50UY4-2. The van der Waals surface area contributed by atoms with E-state index in [0.717, 1.165) is 0 Å². The van der Waals surface area contributed by atoms with Crippen molar-refractivity contribution in [3.8, 4) is 0 Å². The third kappa shape index (κ3) is 248. The zero-order valence-corrected chi connectivity index (χ0v) is 35.2. The normalized spacial score (nSPS) is 3.39. The Kier molecular flexibility index (Phi) is 958. The van der Waals surface area contributed by atoms with Gasteiger partial charge < -0.3 is 29.7 Å². The van der Waals surface area contributed by atoms with E-state index in [1.165, 1.54) is 25.7 Å². The molecule has 0 saturated carbocycles. The van der Waals surface area contributed by atoms with E-state index in [-0.39, 0.29) is 192 Å². The van der Waals surface area contributed by atoms with Crippen molar-refractivity contribution in [1.82, 2.24) is 0 Å². The molecule has 0 heterocycles. The van der Waals surface area contributed by atoms with E-state index in [0.29, 0.717) is 0 Å². The van der Waals surface area contributed by atoms with E-state index in [2.05, 4.69) is 13.8 Å². The van der Waals surface area contributed by atoms with Gasteiger partial charge in [0.25, 0.3) is 0 Å². The Morgan fingerprint density at radius 3 is 0.522 bits per heavy atom. The van der Waals surface area contributed by atoms with Crippen LogP contribution in [-0.2, 0) is 131 Å². The second-order valence-corrected chi connectivity index (χ2v) is 1.71. The smallest absolute Gasteiger partial charge is 0.358 e. The summed E-state index contributed by atoms with van der Waals surface area (Å²) in [5, 5.41) is 0. The minimum atomic E-state index is 0. The first kappa shape index (κ1) is 103. The van der Waals surface area contributed by atoms with Gasteiger partial charge in [-0.3, -0.25) is 0 Å². The summed E-state index contributed by atoms with van der Waals surface area (Å²) in [5.74, 6) is 0. The Hall–Kier alpha value is 5.47. The summed E-state index contributed by atoms with van der Waals surface area (Å²) in [7, 11) is 0. The molecule has 0 aliphatic rings. The average molecular weight is 860 g/mol. The summed E-state index contributed by atoms with van der Waals surface area (Å²) >= 11 is 0. The molecule has 0 saturated heterocycles. The molecule has 0 unspecified atom stereocenters. The number of hydrogen-bond acceptors (Lipinski definition) is 0. The molecule has 0 aliphatic heterocycles. The first-order chi connectivity index (χ1) is 6.91. The van der Waals surface area contributed by atoms with Crippen LogP contribution >= 0.6 is 0 Å². The number of unbranched alkanes of at least 4 members (excludes halogenated alkanes) is 3. The Morgan fingerprint density at radius 2 is 0.478 bits per heavy atom. The molecule has 0 aromatic heterocycles. The minimum absolute atomic E-state index is 0. The molecule has 0 bridgehead atoms. The SMILES string of the molecule is CC.CC.CC.CC.CCCCCC.[CH3-].[CH3-].[CH3-].[CH3-].[U+2].[Y].[Y].[Y].[Y]. The predicted octanol–water partition coefficient (Wildman–Crippen LogP) is 8.48. The van der Waals surface area contributed by atoms with Crippen molar-refractivity contribution in [2.75, 3.05) is 0 Å². The predicted molar refractivity (Wildman–Crippen MR) is 101 cm³/mol. The van der Waals surface area contributed by atoms with Gasteiger partial charge in [0.2, 0.25) is 0 Å². The zero-order chi connectivity index (χ0) is 12.8. The zero-order valence-electron chi connectivity index (χ0n) is 19.6. The van der Waals surface area contributed by atoms with Crippen molar-refractivity contribution in [3.05, 3.63) is 29.7 Å². The molecule has 0 N–H and O–H groups in total. The van der Waals surface area contributed by atoms with E-state index >= 15 is 0 Å². The van der Waals surface area contributed by atoms with Crippen LogP contribution in [-0.4, -0.2) is 0 Å².